The van der Waals surface area contributed by atoms with Crippen molar-refractivity contribution >= 4 is 15.7 Å². The van der Waals surface area contributed by atoms with Gasteiger partial charge in [-0.05, 0) is 60.7 Å². The zero-order valence-electron chi connectivity index (χ0n) is 19.1. The maximum absolute atomic E-state index is 11.7. The molecule has 32 heavy (non-hydrogen) atoms. The number of nitrogens with zero attached hydrogens (tertiary/aromatic N) is 2. The Morgan fingerprint density at radius 3 is 2.50 bits per heavy atom. The lowest BCUT2D eigenvalue weighted by Gasteiger charge is -2.41. The van der Waals surface area contributed by atoms with Gasteiger partial charge in [0.25, 0.3) is 0 Å². The van der Waals surface area contributed by atoms with Gasteiger partial charge in [0.2, 0.25) is 10.0 Å². The third-order valence-electron chi connectivity index (χ3n) is 6.45. The molecule has 0 bridgehead atoms. The van der Waals surface area contributed by atoms with E-state index in [0.717, 1.165) is 62.6 Å². The number of sulfonamides is 1. The molecule has 1 N–H and O–H groups in total. The third kappa shape index (κ3) is 5.36. The molecule has 2 aromatic carbocycles. The van der Waals surface area contributed by atoms with Crippen LogP contribution in [0.4, 0.5) is 5.69 Å². The van der Waals surface area contributed by atoms with Crippen LogP contribution in [0.25, 0.3) is 0 Å². The highest BCUT2D eigenvalue weighted by Crippen LogP contribution is 2.34. The molecule has 7 nitrogen and oxygen atoms in total. The predicted octanol–water partition coefficient (Wildman–Crippen LogP) is 3.10. The minimum atomic E-state index is -3.30. The van der Waals surface area contributed by atoms with Gasteiger partial charge in [0.1, 0.15) is 0 Å². The Hall–Kier alpha value is -2.29. The van der Waals surface area contributed by atoms with Crippen LogP contribution in [0.15, 0.2) is 36.4 Å². The number of fused-ring (bicyclic) bond motifs is 1. The summed E-state index contributed by atoms with van der Waals surface area (Å²) in [5.41, 5.74) is 4.34. The van der Waals surface area contributed by atoms with E-state index in [9.17, 15) is 8.42 Å². The molecule has 1 saturated heterocycles. The zero-order chi connectivity index (χ0) is 22.7. The van der Waals surface area contributed by atoms with E-state index in [1.54, 1.807) is 14.2 Å². The lowest BCUT2D eigenvalue weighted by Crippen LogP contribution is -2.49. The first-order chi connectivity index (χ1) is 15.4. The highest BCUT2D eigenvalue weighted by atomic mass is 32.2. The second kappa shape index (κ2) is 9.68. The summed E-state index contributed by atoms with van der Waals surface area (Å²) in [6.07, 6.45) is 4.52. The van der Waals surface area contributed by atoms with E-state index in [2.05, 4.69) is 26.7 Å². The molecule has 0 spiro atoms. The van der Waals surface area contributed by atoms with Crippen molar-refractivity contribution in [3.05, 3.63) is 53.1 Å². The summed E-state index contributed by atoms with van der Waals surface area (Å²) < 4.78 is 37.1. The van der Waals surface area contributed by atoms with E-state index in [1.807, 2.05) is 24.3 Å². The maximum Gasteiger partial charge on any atom is 0.229 e. The van der Waals surface area contributed by atoms with Gasteiger partial charge in [0.15, 0.2) is 11.5 Å². The largest absolute Gasteiger partial charge is 0.493 e. The van der Waals surface area contributed by atoms with Crippen LogP contribution in [0, 0.1) is 0 Å². The molecule has 0 saturated carbocycles. The fourth-order valence-electron chi connectivity index (χ4n) is 4.89. The molecule has 0 aliphatic carbocycles. The highest BCUT2D eigenvalue weighted by molar-refractivity contribution is 7.92. The van der Waals surface area contributed by atoms with Gasteiger partial charge in [-0.15, -0.1) is 0 Å². The van der Waals surface area contributed by atoms with Gasteiger partial charge in [-0.3, -0.25) is 14.5 Å². The summed E-state index contributed by atoms with van der Waals surface area (Å²) in [6.45, 7) is 4.70. The number of benzene rings is 2. The van der Waals surface area contributed by atoms with E-state index < -0.39 is 10.0 Å². The molecular weight excluding hydrogens is 426 g/mol. The Bertz CT molecular complexity index is 1060. The van der Waals surface area contributed by atoms with Gasteiger partial charge < -0.3 is 9.47 Å². The molecule has 174 valence electrons. The van der Waals surface area contributed by atoms with Crippen molar-refractivity contribution in [1.29, 1.82) is 0 Å². The van der Waals surface area contributed by atoms with E-state index >= 15 is 0 Å². The van der Waals surface area contributed by atoms with Crippen molar-refractivity contribution in [2.24, 2.45) is 0 Å². The number of hydrogen-bond donors (Lipinski definition) is 1. The maximum atomic E-state index is 11.7. The summed E-state index contributed by atoms with van der Waals surface area (Å²) in [5.74, 6) is 1.58. The molecule has 2 aliphatic heterocycles. The van der Waals surface area contributed by atoms with Crippen LogP contribution in [0.5, 0.6) is 11.5 Å². The summed E-state index contributed by atoms with van der Waals surface area (Å²) in [4.78, 5) is 5.03. The normalized spacial score (nSPS) is 19.9. The topological polar surface area (TPSA) is 71.1 Å². The van der Waals surface area contributed by atoms with Crippen molar-refractivity contribution in [3.63, 3.8) is 0 Å². The first-order valence-electron chi connectivity index (χ1n) is 11.1. The Kier molecular flexibility index (Phi) is 6.93. The van der Waals surface area contributed by atoms with Crippen LogP contribution < -0.4 is 14.2 Å². The monoisotopic (exact) mass is 459 g/mol. The number of anilines is 1. The first kappa shape index (κ1) is 22.9. The molecular formula is C24H33N3O4S. The molecule has 1 unspecified atom stereocenters. The average Bonchev–Trinajstić information content (AvgIpc) is 2.78. The molecule has 1 atom stereocenters. The molecule has 2 aliphatic rings. The summed E-state index contributed by atoms with van der Waals surface area (Å²) in [6, 6.07) is 12.4. The molecule has 8 heteroatoms. The van der Waals surface area contributed by atoms with Crippen molar-refractivity contribution in [3.8, 4) is 11.5 Å². The number of hydrogen-bond acceptors (Lipinski definition) is 6. The minimum Gasteiger partial charge on any atom is -0.493 e. The number of piperidine rings is 1. The minimum absolute atomic E-state index is 0.486. The Morgan fingerprint density at radius 1 is 1.06 bits per heavy atom. The fraction of sp³-hybridized carbons (Fsp3) is 0.500. The first-order valence-corrected chi connectivity index (χ1v) is 13.0. The van der Waals surface area contributed by atoms with Gasteiger partial charge in [-0.2, -0.15) is 0 Å². The fourth-order valence-corrected chi connectivity index (χ4v) is 5.49. The predicted molar refractivity (Wildman–Crippen MR) is 127 cm³/mol. The van der Waals surface area contributed by atoms with E-state index in [-0.39, 0.29) is 0 Å². The van der Waals surface area contributed by atoms with Crippen LogP contribution in [0.2, 0.25) is 0 Å². The summed E-state index contributed by atoms with van der Waals surface area (Å²) in [5, 5.41) is 0. The van der Waals surface area contributed by atoms with E-state index in [0.29, 0.717) is 11.7 Å². The number of ether oxygens (including phenoxy) is 2. The van der Waals surface area contributed by atoms with Crippen LogP contribution in [-0.2, 0) is 29.5 Å². The van der Waals surface area contributed by atoms with Crippen LogP contribution in [0.3, 0.4) is 0 Å². The van der Waals surface area contributed by atoms with Gasteiger partial charge in [0.05, 0.1) is 26.2 Å². The molecule has 0 radical (unpaired) electrons. The Labute approximate surface area is 191 Å². The van der Waals surface area contributed by atoms with Crippen molar-refractivity contribution < 1.29 is 17.9 Å². The number of para-hydroxylation sites is 1. The quantitative estimate of drug-likeness (QED) is 0.686. The molecule has 0 amide bonds. The van der Waals surface area contributed by atoms with Crippen molar-refractivity contribution in [2.75, 3.05) is 44.8 Å². The second-order valence-corrected chi connectivity index (χ2v) is 10.5. The number of likely N-dealkylation sites (tertiary alicyclic amines) is 1. The lowest BCUT2D eigenvalue weighted by molar-refractivity contribution is 0.0838. The Balaban J connectivity index is 1.44. The molecule has 1 fully saturated rings. The summed E-state index contributed by atoms with van der Waals surface area (Å²) >= 11 is 0. The zero-order valence-corrected chi connectivity index (χ0v) is 20.0. The third-order valence-corrected chi connectivity index (χ3v) is 7.04. The molecule has 0 aromatic heterocycles. The van der Waals surface area contributed by atoms with Crippen LogP contribution >= 0.6 is 0 Å². The summed E-state index contributed by atoms with van der Waals surface area (Å²) in [7, 11) is 0.0575. The van der Waals surface area contributed by atoms with Gasteiger partial charge in [0, 0.05) is 32.2 Å². The molecule has 2 heterocycles. The highest BCUT2D eigenvalue weighted by Gasteiger charge is 2.29. The van der Waals surface area contributed by atoms with E-state index in [1.165, 1.54) is 23.8 Å². The van der Waals surface area contributed by atoms with Crippen molar-refractivity contribution in [2.45, 2.75) is 38.4 Å². The van der Waals surface area contributed by atoms with Gasteiger partial charge in [-0.1, -0.05) is 18.2 Å². The van der Waals surface area contributed by atoms with Crippen molar-refractivity contribution in [1.82, 2.24) is 9.80 Å². The SMILES string of the molecule is COc1cc2c(cc1OC)CN(C1CCCN(Cc3ccccc3NS(C)(=O)=O)C1)CC2. The number of nitrogens with one attached hydrogen (secondary N) is 1. The Morgan fingerprint density at radius 2 is 1.78 bits per heavy atom. The molecule has 4 rings (SSSR count). The molecule has 2 aromatic rings. The van der Waals surface area contributed by atoms with Gasteiger partial charge >= 0.3 is 0 Å². The van der Waals surface area contributed by atoms with Crippen LogP contribution in [0.1, 0.15) is 29.5 Å². The number of methoxy groups -OCH3 is 2. The van der Waals surface area contributed by atoms with Crippen LogP contribution in [-0.4, -0.2) is 64.4 Å². The standard InChI is InChI=1S/C24H33N3O4S/c1-30-23-13-18-10-12-27(16-20(18)14-24(23)31-2)21-8-6-11-26(17-21)15-19-7-4-5-9-22(19)25-32(3,28)29/h4-5,7,9,13-14,21,25H,6,8,10-12,15-17H2,1-3H3. The lowest BCUT2D eigenvalue weighted by atomic mass is 9.95. The van der Waals surface area contributed by atoms with Gasteiger partial charge in [-0.25, -0.2) is 8.42 Å². The van der Waals surface area contributed by atoms with E-state index in [4.69, 9.17) is 9.47 Å². The smallest absolute Gasteiger partial charge is 0.229 e. The average molecular weight is 460 g/mol. The number of rotatable bonds is 7. The second-order valence-electron chi connectivity index (χ2n) is 8.76.